The van der Waals surface area contributed by atoms with E-state index in [-0.39, 0.29) is 0 Å². The summed E-state index contributed by atoms with van der Waals surface area (Å²) in [5.41, 5.74) is 23.2. The molecule has 302 valence electrons. The molecule has 5 aromatic carbocycles. The normalized spacial score (nSPS) is 12.7. The summed E-state index contributed by atoms with van der Waals surface area (Å²) in [5.74, 6) is 15.2. The average Bonchev–Trinajstić information content (AvgIpc) is 3.11. The van der Waals surface area contributed by atoms with Gasteiger partial charge in [-0.1, -0.05) is 158 Å². The van der Waals surface area contributed by atoms with Crippen molar-refractivity contribution >= 4 is 75.4 Å². The van der Waals surface area contributed by atoms with E-state index in [2.05, 4.69) is 229 Å². The summed E-state index contributed by atoms with van der Waals surface area (Å²) in [4.78, 5) is 0. The van der Waals surface area contributed by atoms with Crippen LogP contribution in [0.25, 0.3) is 43.1 Å². The van der Waals surface area contributed by atoms with E-state index in [4.69, 9.17) is 0 Å². The molecule has 0 aliphatic carbocycles. The Labute approximate surface area is 357 Å². The first kappa shape index (κ1) is 45.3. The molecule has 0 radical (unpaired) electrons. The first-order valence-electron chi connectivity index (χ1n) is 21.9. The molecule has 0 spiro atoms. The number of benzene rings is 5. The molecule has 5 rings (SSSR count). The van der Waals surface area contributed by atoms with Crippen molar-refractivity contribution in [1.29, 1.82) is 0 Å². The lowest BCUT2D eigenvalue weighted by Crippen LogP contribution is -2.43. The van der Waals surface area contributed by atoms with Crippen LogP contribution in [0.1, 0.15) is 105 Å². The van der Waals surface area contributed by atoms with E-state index < -0.39 is 32.3 Å². The van der Waals surface area contributed by atoms with E-state index in [0.717, 1.165) is 22.3 Å². The van der Waals surface area contributed by atoms with Crippen LogP contribution in [0.4, 0.5) is 0 Å². The Morgan fingerprint density at radius 1 is 0.328 bits per heavy atom. The van der Waals surface area contributed by atoms with Crippen LogP contribution in [0.2, 0.25) is 72.5 Å². The molecule has 5 aromatic rings. The minimum Gasteiger partial charge on any atom is -0.127 e. The van der Waals surface area contributed by atoms with Crippen LogP contribution in [-0.2, 0) is 0 Å². The van der Waals surface area contributed by atoms with E-state index in [1.807, 2.05) is 0 Å². The highest BCUT2D eigenvalue weighted by Gasteiger charge is 2.43. The van der Waals surface area contributed by atoms with Gasteiger partial charge in [0.25, 0.3) is 0 Å². The predicted molar refractivity (Wildman–Crippen MR) is 273 cm³/mol. The number of rotatable bonds is 6. The van der Waals surface area contributed by atoms with Crippen LogP contribution < -0.4 is 0 Å². The molecular weight excluding hydrogens is 761 g/mol. The van der Waals surface area contributed by atoms with Gasteiger partial charge in [0, 0.05) is 22.3 Å². The van der Waals surface area contributed by atoms with Gasteiger partial charge in [-0.05, 0) is 125 Å². The fourth-order valence-corrected chi connectivity index (χ4v) is 21.3. The minimum atomic E-state index is -2.06. The lowest BCUT2D eigenvalue weighted by molar-refractivity contribution is 0.838. The molecule has 0 amide bonds. The summed E-state index contributed by atoms with van der Waals surface area (Å²) >= 11 is 0. The first-order valence-corrected chi connectivity index (χ1v) is 33.4. The molecule has 58 heavy (non-hydrogen) atoms. The van der Waals surface area contributed by atoms with Crippen molar-refractivity contribution in [3.63, 3.8) is 0 Å². The maximum Gasteiger partial charge on any atom is 0.146 e. The largest absolute Gasteiger partial charge is 0.146 e. The standard InChI is InChI=1S/C54H70Si4/c1-37(2)57(38(3)4,39(5)6)29-25-49-51-33-45-21-19-44(24-28-56(16,17)18)32-48(45)36-54(51)50(26-30-58(40(7)8,41(9)10)42(11)12)52-34-46-22-20-43(23-27-55(13,14)15)31-47(46)35-53(49)52/h19-22,31-42H,1-18H3. The molecular formula is C54H70Si4. The zero-order valence-electron chi connectivity index (χ0n) is 39.2. The molecule has 0 aliphatic rings. The topological polar surface area (TPSA) is 0 Å². The second-order valence-electron chi connectivity index (χ2n) is 21.0. The number of hydrogen-bond acceptors (Lipinski definition) is 0. The lowest BCUT2D eigenvalue weighted by atomic mass is 9.88. The van der Waals surface area contributed by atoms with Crippen molar-refractivity contribution in [3.05, 3.63) is 82.9 Å². The van der Waals surface area contributed by atoms with Gasteiger partial charge < -0.3 is 0 Å². The summed E-state index contributed by atoms with van der Waals surface area (Å²) in [6, 6.07) is 23.2. The monoisotopic (exact) mass is 830 g/mol. The molecule has 4 heteroatoms. The average molecular weight is 831 g/mol. The molecule has 0 N–H and O–H groups in total. The van der Waals surface area contributed by atoms with Gasteiger partial charge in [-0.25, -0.2) is 0 Å². The number of hydrogen-bond donors (Lipinski definition) is 0. The minimum absolute atomic E-state index is 0.536. The SMILES string of the molecule is CC(C)[Si](C#Cc1c2cc3ccc(C#C[Si](C)(C)C)cc3cc2c(C#C[Si](C(C)C)(C(C)C)C(C)C)c2cc3ccc(C#C[Si](C)(C)C)cc3cc12)(C(C)C)C(C)C. The van der Waals surface area contributed by atoms with Crippen molar-refractivity contribution in [2.45, 2.75) is 156 Å². The highest BCUT2D eigenvalue weighted by atomic mass is 28.3. The van der Waals surface area contributed by atoms with Crippen molar-refractivity contribution in [1.82, 2.24) is 0 Å². The molecule has 0 saturated carbocycles. The van der Waals surface area contributed by atoms with E-state index in [1.54, 1.807) is 0 Å². The first-order chi connectivity index (χ1) is 26.9. The van der Waals surface area contributed by atoms with Crippen molar-refractivity contribution < 1.29 is 0 Å². The zero-order chi connectivity index (χ0) is 43.1. The molecule has 0 saturated heterocycles. The Morgan fingerprint density at radius 2 is 0.603 bits per heavy atom. The van der Waals surface area contributed by atoms with Crippen LogP contribution >= 0.6 is 0 Å². The second kappa shape index (κ2) is 17.1. The summed E-state index contributed by atoms with van der Waals surface area (Å²) in [5, 5.41) is 9.66. The molecule has 0 heterocycles. The highest BCUT2D eigenvalue weighted by molar-refractivity contribution is 6.91. The smallest absolute Gasteiger partial charge is 0.127 e. The lowest BCUT2D eigenvalue weighted by Gasteiger charge is -2.38. The third kappa shape index (κ3) is 9.18. The van der Waals surface area contributed by atoms with Crippen molar-refractivity contribution in [3.8, 4) is 45.9 Å². The quantitative estimate of drug-likeness (QED) is 0.0908. The Kier molecular flexibility index (Phi) is 13.4. The van der Waals surface area contributed by atoms with E-state index in [1.165, 1.54) is 43.1 Å². The zero-order valence-corrected chi connectivity index (χ0v) is 43.2. The molecule has 0 bridgehead atoms. The van der Waals surface area contributed by atoms with Gasteiger partial charge in [-0.15, -0.1) is 22.2 Å². The van der Waals surface area contributed by atoms with Gasteiger partial charge in [0.15, 0.2) is 0 Å². The predicted octanol–water partition coefficient (Wildman–Crippen LogP) is 15.9. The van der Waals surface area contributed by atoms with Crippen LogP contribution in [0.5, 0.6) is 0 Å². The fraction of sp³-hybridized carbons (Fsp3) is 0.444. The van der Waals surface area contributed by atoms with Gasteiger partial charge in [0.05, 0.1) is 0 Å². The molecule has 0 aromatic heterocycles. The van der Waals surface area contributed by atoms with E-state index in [9.17, 15) is 0 Å². The Bertz CT molecular complexity index is 2400. The van der Waals surface area contributed by atoms with E-state index >= 15 is 0 Å². The summed E-state index contributed by atoms with van der Waals surface area (Å²) in [6.45, 7) is 42.8. The van der Waals surface area contributed by atoms with Crippen molar-refractivity contribution in [2.75, 3.05) is 0 Å². The fourth-order valence-electron chi connectivity index (χ4n) is 9.86. The third-order valence-electron chi connectivity index (χ3n) is 12.7. The Balaban J connectivity index is 2.06. The second-order valence-corrected chi connectivity index (χ2v) is 41.6. The van der Waals surface area contributed by atoms with Crippen LogP contribution in [-0.4, -0.2) is 32.3 Å². The van der Waals surface area contributed by atoms with Crippen molar-refractivity contribution in [2.24, 2.45) is 0 Å². The molecule has 0 aliphatic heterocycles. The van der Waals surface area contributed by atoms with Gasteiger partial charge in [0.2, 0.25) is 0 Å². The summed E-state index contributed by atoms with van der Waals surface area (Å²) in [7, 11) is -7.20. The maximum atomic E-state index is 4.16. The number of fused-ring (bicyclic) bond motifs is 4. The van der Waals surface area contributed by atoms with Crippen LogP contribution in [0.15, 0.2) is 60.7 Å². The molecule has 0 atom stereocenters. The highest BCUT2D eigenvalue weighted by Crippen LogP contribution is 2.44. The van der Waals surface area contributed by atoms with Gasteiger partial charge >= 0.3 is 0 Å². The summed E-state index contributed by atoms with van der Waals surface area (Å²) in [6.07, 6.45) is 0. The van der Waals surface area contributed by atoms with Gasteiger partial charge in [0.1, 0.15) is 32.3 Å². The molecule has 0 nitrogen and oxygen atoms in total. The summed E-state index contributed by atoms with van der Waals surface area (Å²) < 4.78 is 0. The maximum absolute atomic E-state index is 4.16. The van der Waals surface area contributed by atoms with Gasteiger partial charge in [-0.2, -0.15) is 0 Å². The Morgan fingerprint density at radius 3 is 0.862 bits per heavy atom. The van der Waals surface area contributed by atoms with E-state index in [0.29, 0.717) is 33.2 Å². The molecule has 0 fully saturated rings. The Hall–Kier alpha value is -3.75. The van der Waals surface area contributed by atoms with Gasteiger partial charge in [-0.3, -0.25) is 0 Å². The molecule has 0 unspecified atom stereocenters. The van der Waals surface area contributed by atoms with Crippen LogP contribution in [0, 0.1) is 45.9 Å². The third-order valence-corrected chi connectivity index (χ3v) is 27.1. The van der Waals surface area contributed by atoms with Crippen LogP contribution in [0.3, 0.4) is 0 Å².